The minimum Gasteiger partial charge on any atom is -0.394 e. The van der Waals surface area contributed by atoms with Crippen molar-refractivity contribution in [3.63, 3.8) is 0 Å². The topological polar surface area (TPSA) is 89.8 Å². The zero-order valence-electron chi connectivity index (χ0n) is 38.3. The highest BCUT2D eigenvalue weighted by molar-refractivity contribution is 5.76. The van der Waals surface area contributed by atoms with Crippen LogP contribution in [0.25, 0.3) is 0 Å². The fraction of sp³-hybridized carbons (Fsp3) is 0.980. The predicted molar refractivity (Wildman–Crippen MR) is 246 cm³/mol. The molecule has 0 saturated carbocycles. The SMILES string of the molecule is CCCCCCCCCCCCCCCCCCCCCCCCCCCCCCCCC(O)CC(=O)NC(CO)C(O)CCCCCCCCCCCCC. The Morgan fingerprint density at radius 1 is 0.375 bits per heavy atom. The van der Waals surface area contributed by atoms with Crippen molar-refractivity contribution in [2.75, 3.05) is 6.61 Å². The molecule has 0 radical (unpaired) electrons. The normalized spacial score (nSPS) is 13.3. The van der Waals surface area contributed by atoms with E-state index in [1.165, 1.54) is 238 Å². The molecular weight excluding hydrogens is 691 g/mol. The Kier molecular flexibility index (Phi) is 46.5. The Hall–Kier alpha value is -0.650. The number of aliphatic hydroxyl groups is 3. The molecule has 0 aromatic rings. The van der Waals surface area contributed by atoms with Gasteiger partial charge in [-0.05, 0) is 12.8 Å². The third-order valence-corrected chi connectivity index (χ3v) is 12.4. The highest BCUT2D eigenvalue weighted by Gasteiger charge is 2.21. The van der Waals surface area contributed by atoms with Crippen molar-refractivity contribution in [2.24, 2.45) is 0 Å². The second-order valence-electron chi connectivity index (χ2n) is 18.1. The highest BCUT2D eigenvalue weighted by atomic mass is 16.3. The van der Waals surface area contributed by atoms with E-state index in [0.29, 0.717) is 12.8 Å². The summed E-state index contributed by atoms with van der Waals surface area (Å²) in [6, 6.07) is -0.652. The summed E-state index contributed by atoms with van der Waals surface area (Å²) in [7, 11) is 0. The molecule has 3 unspecified atom stereocenters. The molecule has 0 rings (SSSR count). The van der Waals surface area contributed by atoms with Crippen LogP contribution in [0.5, 0.6) is 0 Å². The molecule has 56 heavy (non-hydrogen) atoms. The Balaban J connectivity index is 3.43. The molecule has 0 bridgehead atoms. The Bertz CT molecular complexity index is 747. The summed E-state index contributed by atoms with van der Waals surface area (Å²) >= 11 is 0. The van der Waals surface area contributed by atoms with Crippen LogP contribution >= 0.6 is 0 Å². The zero-order chi connectivity index (χ0) is 40.8. The molecule has 336 valence electrons. The largest absolute Gasteiger partial charge is 0.394 e. The maximum atomic E-state index is 12.5. The van der Waals surface area contributed by atoms with Crippen LogP contribution in [0.4, 0.5) is 0 Å². The molecule has 3 atom stereocenters. The van der Waals surface area contributed by atoms with E-state index in [9.17, 15) is 20.1 Å². The van der Waals surface area contributed by atoms with E-state index >= 15 is 0 Å². The fourth-order valence-corrected chi connectivity index (χ4v) is 8.47. The van der Waals surface area contributed by atoms with Gasteiger partial charge in [0.1, 0.15) is 0 Å². The summed E-state index contributed by atoms with van der Waals surface area (Å²) in [5.41, 5.74) is 0. The van der Waals surface area contributed by atoms with E-state index < -0.39 is 18.2 Å². The van der Waals surface area contributed by atoms with Crippen molar-refractivity contribution in [1.29, 1.82) is 0 Å². The van der Waals surface area contributed by atoms with Gasteiger partial charge in [-0.25, -0.2) is 0 Å². The van der Waals surface area contributed by atoms with Gasteiger partial charge in [-0.15, -0.1) is 0 Å². The third kappa shape index (κ3) is 42.9. The third-order valence-electron chi connectivity index (χ3n) is 12.4. The number of carbonyl (C=O) groups is 1. The molecule has 5 heteroatoms. The molecule has 1 amide bonds. The first-order chi connectivity index (χ1) is 27.5. The molecule has 0 aromatic carbocycles. The minimum absolute atomic E-state index is 0.0429. The molecule has 0 saturated heterocycles. The van der Waals surface area contributed by atoms with Gasteiger partial charge in [-0.1, -0.05) is 277 Å². The molecule has 0 heterocycles. The summed E-state index contributed by atoms with van der Waals surface area (Å²) in [5, 5.41) is 33.4. The summed E-state index contributed by atoms with van der Waals surface area (Å²) in [6.07, 6.45) is 55.5. The lowest BCUT2D eigenvalue weighted by atomic mass is 10.0. The van der Waals surface area contributed by atoms with E-state index in [2.05, 4.69) is 19.2 Å². The standard InChI is InChI=1S/C51H103NO4/c1-3-5-7-9-11-13-15-16-17-18-19-20-21-22-23-24-25-26-27-28-29-30-31-32-33-35-36-38-40-42-44-48(54)46-51(56)52-49(47-53)50(55)45-43-41-39-37-34-14-12-10-8-6-4-2/h48-50,53-55H,3-47H2,1-2H3,(H,52,56). The molecule has 5 nitrogen and oxygen atoms in total. The van der Waals surface area contributed by atoms with Crippen LogP contribution in [0.3, 0.4) is 0 Å². The van der Waals surface area contributed by atoms with Crippen LogP contribution in [0, 0.1) is 0 Å². The van der Waals surface area contributed by atoms with Crippen molar-refractivity contribution in [3.8, 4) is 0 Å². The average molecular weight is 794 g/mol. The number of aliphatic hydroxyl groups excluding tert-OH is 3. The summed E-state index contributed by atoms with van der Waals surface area (Å²) < 4.78 is 0. The van der Waals surface area contributed by atoms with E-state index in [4.69, 9.17) is 0 Å². The number of nitrogens with one attached hydrogen (secondary N) is 1. The molecule has 0 fully saturated rings. The number of hydrogen-bond acceptors (Lipinski definition) is 4. The molecule has 4 N–H and O–H groups in total. The summed E-state index contributed by atoms with van der Waals surface area (Å²) in [6.45, 7) is 4.28. The molecule has 0 spiro atoms. The second kappa shape index (κ2) is 47.0. The summed E-state index contributed by atoms with van der Waals surface area (Å²) in [4.78, 5) is 12.5. The number of hydrogen-bond donors (Lipinski definition) is 4. The summed E-state index contributed by atoms with van der Waals surface area (Å²) in [5.74, 6) is -0.278. The van der Waals surface area contributed by atoms with Gasteiger partial charge in [-0.3, -0.25) is 4.79 Å². The first kappa shape index (κ1) is 55.4. The molecule has 0 aliphatic heterocycles. The zero-order valence-corrected chi connectivity index (χ0v) is 38.3. The maximum Gasteiger partial charge on any atom is 0.222 e. The lowest BCUT2D eigenvalue weighted by Crippen LogP contribution is -2.46. The first-order valence-corrected chi connectivity index (χ1v) is 25.8. The Labute approximate surface area is 351 Å². The number of amides is 1. The van der Waals surface area contributed by atoms with E-state index in [1.54, 1.807) is 0 Å². The maximum absolute atomic E-state index is 12.5. The van der Waals surface area contributed by atoms with Crippen LogP contribution in [0.1, 0.15) is 296 Å². The Morgan fingerprint density at radius 2 is 0.607 bits per heavy atom. The van der Waals surface area contributed by atoms with E-state index in [0.717, 1.165) is 25.7 Å². The van der Waals surface area contributed by atoms with Gasteiger partial charge in [0.05, 0.1) is 31.3 Å². The monoisotopic (exact) mass is 794 g/mol. The van der Waals surface area contributed by atoms with Crippen molar-refractivity contribution < 1.29 is 20.1 Å². The first-order valence-electron chi connectivity index (χ1n) is 25.8. The van der Waals surface area contributed by atoms with Crippen molar-refractivity contribution in [2.45, 2.75) is 315 Å². The predicted octanol–water partition coefficient (Wildman–Crippen LogP) is 15.4. The van der Waals surface area contributed by atoms with Crippen LogP contribution in [-0.2, 0) is 4.79 Å². The van der Waals surface area contributed by atoms with Gasteiger partial charge in [-0.2, -0.15) is 0 Å². The van der Waals surface area contributed by atoms with Crippen LogP contribution < -0.4 is 5.32 Å². The smallest absolute Gasteiger partial charge is 0.222 e. The van der Waals surface area contributed by atoms with Crippen LogP contribution in [-0.4, -0.2) is 46.1 Å². The lowest BCUT2D eigenvalue weighted by Gasteiger charge is -2.23. The van der Waals surface area contributed by atoms with Crippen molar-refractivity contribution in [3.05, 3.63) is 0 Å². The van der Waals surface area contributed by atoms with Gasteiger partial charge < -0.3 is 20.6 Å². The lowest BCUT2D eigenvalue weighted by molar-refractivity contribution is -0.125. The van der Waals surface area contributed by atoms with Gasteiger partial charge >= 0.3 is 0 Å². The van der Waals surface area contributed by atoms with Crippen LogP contribution in [0.2, 0.25) is 0 Å². The van der Waals surface area contributed by atoms with Crippen molar-refractivity contribution in [1.82, 2.24) is 5.32 Å². The molecule has 0 aromatic heterocycles. The fourth-order valence-electron chi connectivity index (χ4n) is 8.47. The van der Waals surface area contributed by atoms with Gasteiger partial charge in [0.2, 0.25) is 5.91 Å². The Morgan fingerprint density at radius 3 is 0.857 bits per heavy atom. The van der Waals surface area contributed by atoms with E-state index in [1.807, 2.05) is 0 Å². The average Bonchev–Trinajstić information content (AvgIpc) is 3.19. The van der Waals surface area contributed by atoms with E-state index in [-0.39, 0.29) is 18.9 Å². The molecule has 0 aliphatic carbocycles. The quantitative estimate of drug-likeness (QED) is 0.0462. The molecular formula is C51H103NO4. The second-order valence-corrected chi connectivity index (χ2v) is 18.1. The number of carbonyl (C=O) groups excluding carboxylic acids is 1. The van der Waals surface area contributed by atoms with Crippen molar-refractivity contribution >= 4 is 5.91 Å². The number of rotatable bonds is 48. The molecule has 0 aliphatic rings. The van der Waals surface area contributed by atoms with Gasteiger partial charge in [0, 0.05) is 0 Å². The van der Waals surface area contributed by atoms with Crippen LogP contribution in [0.15, 0.2) is 0 Å². The van der Waals surface area contributed by atoms with Gasteiger partial charge in [0.15, 0.2) is 0 Å². The minimum atomic E-state index is -0.743. The highest BCUT2D eigenvalue weighted by Crippen LogP contribution is 2.18. The number of unbranched alkanes of at least 4 members (excludes halogenated alkanes) is 39. The van der Waals surface area contributed by atoms with Gasteiger partial charge in [0.25, 0.3) is 0 Å².